The molecule has 17 nitrogen and oxygen atoms in total. The molecule has 0 unspecified atom stereocenters. The third-order valence-electron chi connectivity index (χ3n) is 10.4. The molecule has 294 valence electrons. The number of H-pyrrole nitrogens is 2. The number of amides is 4. The number of aliphatic hydroxyl groups excluding tert-OH is 2. The fourth-order valence-corrected chi connectivity index (χ4v) is 7.56. The van der Waals surface area contributed by atoms with Crippen molar-refractivity contribution in [2.24, 2.45) is 0 Å². The van der Waals surface area contributed by atoms with Crippen LogP contribution < -0.4 is 10.6 Å². The van der Waals surface area contributed by atoms with Crippen molar-refractivity contribution < 1.29 is 43.7 Å². The molecule has 56 heavy (non-hydrogen) atoms. The van der Waals surface area contributed by atoms with Crippen molar-refractivity contribution in [2.45, 2.75) is 75.9 Å². The first kappa shape index (κ1) is 38.1. The zero-order chi connectivity index (χ0) is 39.7. The lowest BCUT2D eigenvalue weighted by atomic mass is 10.1. The Hall–Kier alpha value is -6.20. The molecular formula is C39H44N8O9. The van der Waals surface area contributed by atoms with Crippen molar-refractivity contribution in [2.75, 3.05) is 20.2 Å². The van der Waals surface area contributed by atoms with E-state index in [1.54, 1.807) is 22.2 Å². The Morgan fingerprint density at radius 3 is 1.84 bits per heavy atom. The van der Waals surface area contributed by atoms with Gasteiger partial charge in [-0.3, -0.25) is 9.59 Å². The first-order valence-corrected chi connectivity index (χ1v) is 18.5. The first-order chi connectivity index (χ1) is 26.9. The Morgan fingerprint density at radius 2 is 1.30 bits per heavy atom. The van der Waals surface area contributed by atoms with Gasteiger partial charge in [-0.1, -0.05) is 24.3 Å². The Balaban J connectivity index is 1.04. The highest BCUT2D eigenvalue weighted by Gasteiger charge is 2.39. The van der Waals surface area contributed by atoms with Crippen LogP contribution in [-0.4, -0.2) is 114 Å². The van der Waals surface area contributed by atoms with Gasteiger partial charge in [0, 0.05) is 29.6 Å². The van der Waals surface area contributed by atoms with Crippen molar-refractivity contribution in [1.29, 1.82) is 0 Å². The van der Waals surface area contributed by atoms with E-state index in [4.69, 9.17) is 4.42 Å². The third kappa shape index (κ3) is 7.67. The Morgan fingerprint density at radius 1 is 0.786 bits per heavy atom. The third-order valence-corrected chi connectivity index (χ3v) is 10.4. The van der Waals surface area contributed by atoms with E-state index in [9.17, 15) is 34.5 Å². The van der Waals surface area contributed by atoms with Gasteiger partial charge in [0.05, 0.1) is 55.2 Å². The van der Waals surface area contributed by atoms with Crippen LogP contribution >= 0.6 is 0 Å². The number of hydrogen-bond acceptors (Lipinski definition) is 10. The average molecular weight is 769 g/mol. The summed E-state index contributed by atoms with van der Waals surface area (Å²) in [6.45, 7) is 3.70. The lowest BCUT2D eigenvalue weighted by molar-refractivity contribution is -0.137. The molecule has 0 saturated carbocycles. The molecule has 7 rings (SSSR count). The van der Waals surface area contributed by atoms with Gasteiger partial charge in [-0.05, 0) is 69.4 Å². The summed E-state index contributed by atoms with van der Waals surface area (Å²) in [5, 5.41) is 34.9. The van der Waals surface area contributed by atoms with Crippen LogP contribution in [0.25, 0.3) is 44.8 Å². The predicted octanol–water partition coefficient (Wildman–Crippen LogP) is 4.33. The molecule has 2 fully saturated rings. The van der Waals surface area contributed by atoms with Crippen LogP contribution in [0.2, 0.25) is 0 Å². The number of hydrogen-bond donors (Lipinski definition) is 7. The highest BCUT2D eigenvalue weighted by atomic mass is 16.5. The van der Waals surface area contributed by atoms with E-state index >= 15 is 0 Å². The summed E-state index contributed by atoms with van der Waals surface area (Å²) in [5.74, 6) is 0.959. The Kier molecular flexibility index (Phi) is 10.8. The number of methoxy groups -OCH3 is 1. The van der Waals surface area contributed by atoms with Crippen LogP contribution in [0, 0.1) is 0 Å². The van der Waals surface area contributed by atoms with Crippen LogP contribution in [0.4, 0.5) is 9.59 Å². The molecule has 0 aliphatic carbocycles. The summed E-state index contributed by atoms with van der Waals surface area (Å²) in [5.41, 5.74) is 4.82. The second-order valence-electron chi connectivity index (χ2n) is 14.2. The zero-order valence-corrected chi connectivity index (χ0v) is 31.1. The molecule has 2 aromatic carbocycles. The van der Waals surface area contributed by atoms with E-state index in [2.05, 4.69) is 35.3 Å². The van der Waals surface area contributed by atoms with Gasteiger partial charge in [-0.15, -0.1) is 0 Å². The van der Waals surface area contributed by atoms with Crippen LogP contribution in [0.5, 0.6) is 0 Å². The molecule has 0 radical (unpaired) electrons. The Bertz CT molecular complexity index is 2230. The molecular weight excluding hydrogens is 724 g/mol. The lowest BCUT2D eigenvalue weighted by Gasteiger charge is -2.29. The molecule has 2 saturated heterocycles. The summed E-state index contributed by atoms with van der Waals surface area (Å²) in [6.07, 6.45) is 1.70. The molecule has 4 amide bonds. The molecule has 2 aliphatic heterocycles. The van der Waals surface area contributed by atoms with Gasteiger partial charge >= 0.3 is 12.2 Å². The molecule has 3 aromatic heterocycles. The maximum absolute atomic E-state index is 13.4. The summed E-state index contributed by atoms with van der Waals surface area (Å²) in [7, 11) is 1.20. The van der Waals surface area contributed by atoms with E-state index in [0.29, 0.717) is 48.9 Å². The number of aliphatic hydroxyl groups is 2. The molecule has 7 N–H and O–H groups in total. The number of carbonyl (C=O) groups excluding carboxylic acids is 3. The first-order valence-electron chi connectivity index (χ1n) is 18.5. The zero-order valence-electron chi connectivity index (χ0n) is 31.1. The number of imidazole rings is 2. The van der Waals surface area contributed by atoms with Crippen molar-refractivity contribution in [3.05, 3.63) is 72.6 Å². The van der Waals surface area contributed by atoms with Gasteiger partial charge < -0.3 is 54.9 Å². The van der Waals surface area contributed by atoms with Gasteiger partial charge in [-0.25, -0.2) is 19.6 Å². The molecule has 0 spiro atoms. The number of benzene rings is 2. The number of furan rings is 1. The number of ether oxygens (including phenoxy) is 1. The summed E-state index contributed by atoms with van der Waals surface area (Å²) >= 11 is 0. The standard InChI is InChI=1S/C39H44N8O9/c1-20(48)32(44-38(52)53)36(50)46-14-4-6-28(46)34-40-18-26(42-34)22-8-10-23(11-9-22)31-17-25-16-24(12-13-30(25)56-31)27-19-41-35(43-27)29-7-5-15-47(29)37(51)33(21(2)49)45-39(54)55-3/h8-13,16-21,28-29,32-33,44,48-49H,4-7,14-15H2,1-3H3,(H,40,42)(H,41,43)(H,45,54)(H,52,53)/t20-,21-,28+,29+,32+,33+/m1/s1. The summed E-state index contributed by atoms with van der Waals surface area (Å²) in [4.78, 5) is 68.8. The fraction of sp³-hybridized carbons (Fsp3) is 0.385. The van der Waals surface area contributed by atoms with E-state index < -0.39 is 48.3 Å². The van der Waals surface area contributed by atoms with E-state index in [0.717, 1.165) is 46.3 Å². The number of aromatic amines is 2. The summed E-state index contributed by atoms with van der Waals surface area (Å²) < 4.78 is 10.9. The highest BCUT2D eigenvalue weighted by Crippen LogP contribution is 2.36. The predicted molar refractivity (Wildman–Crippen MR) is 202 cm³/mol. The molecule has 0 bridgehead atoms. The average Bonchev–Trinajstić information content (AvgIpc) is 4.03. The monoisotopic (exact) mass is 768 g/mol. The second kappa shape index (κ2) is 15.9. The number of likely N-dealkylation sites (tertiary alicyclic amines) is 2. The lowest BCUT2D eigenvalue weighted by Crippen LogP contribution is -2.53. The highest BCUT2D eigenvalue weighted by molar-refractivity contribution is 5.88. The minimum Gasteiger partial charge on any atom is -0.465 e. The maximum Gasteiger partial charge on any atom is 0.407 e. The van der Waals surface area contributed by atoms with Crippen LogP contribution in [0.15, 0.2) is 65.3 Å². The smallest absolute Gasteiger partial charge is 0.407 e. The van der Waals surface area contributed by atoms with E-state index in [1.165, 1.54) is 21.0 Å². The largest absolute Gasteiger partial charge is 0.465 e. The quantitative estimate of drug-likeness (QED) is 0.0998. The van der Waals surface area contributed by atoms with Crippen molar-refractivity contribution in [3.8, 4) is 33.8 Å². The molecule has 5 heterocycles. The SMILES string of the molecule is COC(=O)N[C@H](C(=O)N1CCC[C@H]1c1ncc(-c2ccc3oc(-c4ccc(-c5cnc([C@@H]6CCCN6C(=O)[C@@H](NC(=O)O)[C@@H](C)O)[nH]5)cc4)cc3c2)[nH]1)[C@@H](C)O. The minimum absolute atomic E-state index is 0.351. The fourth-order valence-electron chi connectivity index (χ4n) is 7.56. The number of fused-ring (bicyclic) bond motifs is 1. The Labute approximate surface area is 321 Å². The van der Waals surface area contributed by atoms with Gasteiger partial charge in [0.1, 0.15) is 35.1 Å². The number of rotatable bonds is 11. The van der Waals surface area contributed by atoms with Gasteiger partial charge in [0.25, 0.3) is 0 Å². The maximum atomic E-state index is 13.4. The molecule has 2 aliphatic rings. The molecule has 17 heteroatoms. The van der Waals surface area contributed by atoms with Crippen LogP contribution in [0.3, 0.4) is 0 Å². The van der Waals surface area contributed by atoms with Gasteiger partial charge in [0.2, 0.25) is 11.8 Å². The molecule has 5 aromatic rings. The number of nitrogens with zero attached hydrogens (tertiary/aromatic N) is 4. The van der Waals surface area contributed by atoms with Crippen molar-refractivity contribution in [1.82, 2.24) is 40.4 Å². The number of aromatic nitrogens is 4. The minimum atomic E-state index is -1.38. The number of alkyl carbamates (subject to hydrolysis) is 1. The van der Waals surface area contributed by atoms with Crippen molar-refractivity contribution in [3.63, 3.8) is 0 Å². The topological polar surface area (TPSA) is 239 Å². The van der Waals surface area contributed by atoms with E-state index in [1.807, 2.05) is 48.5 Å². The second-order valence-corrected chi connectivity index (χ2v) is 14.2. The number of carboxylic acid groups (broad SMARTS) is 1. The summed E-state index contributed by atoms with van der Waals surface area (Å²) in [6, 6.07) is 12.4. The van der Waals surface area contributed by atoms with Crippen LogP contribution in [0.1, 0.15) is 63.3 Å². The van der Waals surface area contributed by atoms with Crippen molar-refractivity contribution >= 4 is 35.0 Å². The van der Waals surface area contributed by atoms with Gasteiger partial charge in [-0.2, -0.15) is 0 Å². The number of carbonyl (C=O) groups is 4. The van der Waals surface area contributed by atoms with E-state index in [-0.39, 0.29) is 12.1 Å². The van der Waals surface area contributed by atoms with Gasteiger partial charge in [0.15, 0.2) is 0 Å². The number of nitrogens with one attached hydrogen (secondary N) is 4. The molecule has 6 atom stereocenters. The normalized spacial score (nSPS) is 19.1. The van der Waals surface area contributed by atoms with Crippen LogP contribution in [-0.2, 0) is 14.3 Å².